The molecule has 1 aliphatic heterocycles. The van der Waals surface area contributed by atoms with Crippen LogP contribution < -0.4 is 0 Å². The lowest BCUT2D eigenvalue weighted by Crippen LogP contribution is -2.37. The van der Waals surface area contributed by atoms with Crippen molar-refractivity contribution in [3.63, 3.8) is 0 Å². The molecule has 18 heavy (non-hydrogen) atoms. The fourth-order valence-electron chi connectivity index (χ4n) is 1.97. The summed E-state index contributed by atoms with van der Waals surface area (Å²) in [5, 5.41) is -0.257. The number of sulfonamides is 1. The molecule has 1 fully saturated rings. The predicted octanol–water partition coefficient (Wildman–Crippen LogP) is 2.08. The van der Waals surface area contributed by atoms with Crippen molar-refractivity contribution in [3.8, 4) is 0 Å². The first-order chi connectivity index (χ1) is 8.57. The number of carbonyl (C=O) groups excluding carboxylic acids is 1. The summed E-state index contributed by atoms with van der Waals surface area (Å²) in [5.74, 6) is 0.489. The highest BCUT2D eigenvalue weighted by molar-refractivity contribution is 8.00. The fraction of sp³-hybridized carbons (Fsp3) is 0.417. The van der Waals surface area contributed by atoms with Gasteiger partial charge < -0.3 is 0 Å². The number of thioether (sulfide) groups is 1. The molecule has 1 saturated heterocycles. The number of nitrogens with zero attached hydrogens (tertiary/aromatic N) is 1. The quantitative estimate of drug-likeness (QED) is 0.850. The van der Waals surface area contributed by atoms with Gasteiger partial charge in [0, 0.05) is 6.42 Å². The Morgan fingerprint density at radius 2 is 2.00 bits per heavy atom. The summed E-state index contributed by atoms with van der Waals surface area (Å²) in [7, 11) is -3.70. The molecule has 0 aliphatic carbocycles. The largest absolute Gasteiger partial charge is 0.274 e. The summed E-state index contributed by atoms with van der Waals surface area (Å²) in [6, 6.07) is 8.12. The maximum absolute atomic E-state index is 12.4. The number of rotatable bonds is 4. The Bertz CT molecular complexity index is 528. The van der Waals surface area contributed by atoms with Gasteiger partial charge in [0.15, 0.2) is 0 Å². The van der Waals surface area contributed by atoms with E-state index < -0.39 is 10.0 Å². The van der Waals surface area contributed by atoms with Gasteiger partial charge in [-0.1, -0.05) is 25.1 Å². The SMILES string of the molecule is CCS[C@H]1CCC(=O)N1S(=O)(=O)c1ccccc1. The lowest BCUT2D eigenvalue weighted by Gasteiger charge is -2.23. The number of hydrogen-bond acceptors (Lipinski definition) is 4. The number of amides is 1. The standard InChI is InChI=1S/C12H15NO3S2/c1-2-17-12-9-8-11(14)13(12)18(15,16)10-6-4-3-5-7-10/h3-7,12H,2,8-9H2,1H3/t12-/m0/s1. The highest BCUT2D eigenvalue weighted by atomic mass is 32.2. The number of hydrogen-bond donors (Lipinski definition) is 0. The molecule has 1 heterocycles. The van der Waals surface area contributed by atoms with E-state index in [1.54, 1.807) is 18.2 Å². The van der Waals surface area contributed by atoms with Gasteiger partial charge in [-0.25, -0.2) is 12.7 Å². The summed E-state index contributed by atoms with van der Waals surface area (Å²) in [5.41, 5.74) is 0. The zero-order valence-electron chi connectivity index (χ0n) is 10.1. The molecule has 0 spiro atoms. The minimum absolute atomic E-state index is 0.182. The molecule has 1 atom stereocenters. The van der Waals surface area contributed by atoms with Crippen LogP contribution in [0.2, 0.25) is 0 Å². The Kier molecular flexibility index (Phi) is 3.97. The second-order valence-corrected chi connectivity index (χ2v) is 7.23. The average Bonchev–Trinajstić information content (AvgIpc) is 2.73. The highest BCUT2D eigenvalue weighted by Gasteiger charge is 2.40. The Morgan fingerprint density at radius 3 is 2.61 bits per heavy atom. The Balaban J connectivity index is 2.37. The van der Waals surface area contributed by atoms with Crippen LogP contribution in [0.15, 0.2) is 35.2 Å². The second kappa shape index (κ2) is 5.32. The first-order valence-electron chi connectivity index (χ1n) is 5.81. The summed E-state index contributed by atoms with van der Waals surface area (Å²) in [6.45, 7) is 1.96. The molecule has 0 unspecified atom stereocenters. The van der Waals surface area contributed by atoms with Crippen molar-refractivity contribution in [1.82, 2.24) is 4.31 Å². The van der Waals surface area contributed by atoms with Crippen LogP contribution in [-0.2, 0) is 14.8 Å². The van der Waals surface area contributed by atoms with Crippen molar-refractivity contribution >= 4 is 27.7 Å². The van der Waals surface area contributed by atoms with Gasteiger partial charge in [-0.15, -0.1) is 11.8 Å². The lowest BCUT2D eigenvalue weighted by atomic mass is 10.4. The van der Waals surface area contributed by atoms with Gasteiger partial charge in [0.25, 0.3) is 10.0 Å². The van der Waals surface area contributed by atoms with Crippen LogP contribution in [0.3, 0.4) is 0 Å². The molecule has 1 aromatic carbocycles. The van der Waals surface area contributed by atoms with Gasteiger partial charge in [0.2, 0.25) is 5.91 Å². The first-order valence-corrected chi connectivity index (χ1v) is 8.30. The Morgan fingerprint density at radius 1 is 1.33 bits per heavy atom. The third kappa shape index (κ3) is 2.40. The molecule has 1 amide bonds. The molecule has 1 aliphatic rings. The van der Waals surface area contributed by atoms with Crippen LogP contribution in [-0.4, -0.2) is 29.8 Å². The summed E-state index contributed by atoms with van der Waals surface area (Å²) in [4.78, 5) is 12.0. The molecule has 6 heteroatoms. The highest BCUT2D eigenvalue weighted by Crippen LogP contribution is 2.33. The zero-order chi connectivity index (χ0) is 13.2. The van der Waals surface area contributed by atoms with Crippen LogP contribution in [0.5, 0.6) is 0 Å². The summed E-state index contributed by atoms with van der Waals surface area (Å²) < 4.78 is 25.9. The van der Waals surface area contributed by atoms with E-state index in [0.717, 1.165) is 10.1 Å². The molecule has 98 valence electrons. The minimum Gasteiger partial charge on any atom is -0.274 e. The molecule has 0 radical (unpaired) electrons. The molecule has 0 bridgehead atoms. The topological polar surface area (TPSA) is 54.5 Å². The lowest BCUT2D eigenvalue weighted by molar-refractivity contribution is -0.123. The number of benzene rings is 1. The van der Waals surface area contributed by atoms with Crippen LogP contribution >= 0.6 is 11.8 Å². The molecule has 0 aromatic heterocycles. The van der Waals surface area contributed by atoms with E-state index in [0.29, 0.717) is 12.8 Å². The molecule has 2 rings (SSSR count). The normalized spacial score (nSPS) is 20.4. The van der Waals surface area contributed by atoms with Gasteiger partial charge in [0.05, 0.1) is 10.3 Å². The predicted molar refractivity (Wildman–Crippen MR) is 71.6 cm³/mol. The van der Waals surface area contributed by atoms with Gasteiger partial charge in [-0.3, -0.25) is 4.79 Å². The van der Waals surface area contributed by atoms with E-state index in [4.69, 9.17) is 0 Å². The molecule has 1 aromatic rings. The fourth-order valence-corrected chi connectivity index (χ4v) is 4.92. The van der Waals surface area contributed by atoms with Gasteiger partial charge in [0.1, 0.15) is 0 Å². The maximum atomic E-state index is 12.4. The second-order valence-electron chi connectivity index (χ2n) is 3.96. The molecular weight excluding hydrogens is 270 g/mol. The molecule has 0 saturated carbocycles. The van der Waals surface area contributed by atoms with E-state index in [2.05, 4.69) is 0 Å². The van der Waals surface area contributed by atoms with Crippen molar-refractivity contribution in [2.45, 2.75) is 30.0 Å². The Hall–Kier alpha value is -1.01. The van der Waals surface area contributed by atoms with Crippen molar-refractivity contribution < 1.29 is 13.2 Å². The van der Waals surface area contributed by atoms with E-state index in [9.17, 15) is 13.2 Å². The minimum atomic E-state index is -3.70. The van der Waals surface area contributed by atoms with Crippen molar-refractivity contribution in [2.24, 2.45) is 0 Å². The first kappa shape index (κ1) is 13.4. The van der Waals surface area contributed by atoms with Crippen LogP contribution in [0.4, 0.5) is 0 Å². The van der Waals surface area contributed by atoms with E-state index >= 15 is 0 Å². The monoisotopic (exact) mass is 285 g/mol. The van der Waals surface area contributed by atoms with Gasteiger partial charge >= 0.3 is 0 Å². The molecule has 4 nitrogen and oxygen atoms in total. The van der Waals surface area contributed by atoms with Crippen molar-refractivity contribution in [2.75, 3.05) is 5.75 Å². The smallest absolute Gasteiger partial charge is 0.267 e. The molecule has 0 N–H and O–H groups in total. The van der Waals surface area contributed by atoms with Crippen molar-refractivity contribution in [3.05, 3.63) is 30.3 Å². The van der Waals surface area contributed by atoms with Gasteiger partial charge in [-0.2, -0.15) is 0 Å². The van der Waals surface area contributed by atoms with Crippen LogP contribution in [0.25, 0.3) is 0 Å². The van der Waals surface area contributed by atoms with Gasteiger partial charge in [-0.05, 0) is 24.3 Å². The molecular formula is C12H15NO3S2. The average molecular weight is 285 g/mol. The number of carbonyl (C=O) groups is 1. The van der Waals surface area contributed by atoms with Crippen molar-refractivity contribution in [1.29, 1.82) is 0 Å². The van der Waals surface area contributed by atoms with E-state index in [1.807, 2.05) is 6.92 Å². The third-order valence-electron chi connectivity index (χ3n) is 2.77. The summed E-state index contributed by atoms with van der Waals surface area (Å²) >= 11 is 1.50. The van der Waals surface area contributed by atoms with E-state index in [1.165, 1.54) is 23.9 Å². The zero-order valence-corrected chi connectivity index (χ0v) is 11.7. The Labute approximate surface area is 111 Å². The van der Waals surface area contributed by atoms with E-state index in [-0.39, 0.29) is 16.2 Å². The maximum Gasteiger partial charge on any atom is 0.267 e. The van der Waals surface area contributed by atoms with Crippen LogP contribution in [0, 0.1) is 0 Å². The summed E-state index contributed by atoms with van der Waals surface area (Å²) in [6.07, 6.45) is 0.910. The third-order valence-corrected chi connectivity index (χ3v) is 5.91. The van der Waals surface area contributed by atoms with Crippen LogP contribution in [0.1, 0.15) is 19.8 Å².